The maximum Gasteiger partial charge on any atom is 0.332 e. The molecule has 4 nitrogen and oxygen atoms in total. The Morgan fingerprint density at radius 2 is 1.91 bits per heavy atom. The molecule has 0 amide bonds. The number of carbonyl (C=O) groups is 1. The lowest BCUT2D eigenvalue weighted by Gasteiger charge is -2.10. The highest BCUT2D eigenvalue weighted by molar-refractivity contribution is 5.83. The molecule has 0 unspecified atom stereocenters. The van der Waals surface area contributed by atoms with Crippen LogP contribution < -0.4 is 10.1 Å². The molecule has 0 saturated heterocycles. The molecular formula is C19H21NO3. The van der Waals surface area contributed by atoms with Crippen molar-refractivity contribution in [2.24, 2.45) is 0 Å². The summed E-state index contributed by atoms with van der Waals surface area (Å²) in [4.78, 5) is 11.4. The number of rotatable bonds is 7. The van der Waals surface area contributed by atoms with Gasteiger partial charge in [-0.2, -0.15) is 0 Å². The van der Waals surface area contributed by atoms with Crippen LogP contribution >= 0.6 is 0 Å². The van der Waals surface area contributed by atoms with Crippen LogP contribution in [-0.4, -0.2) is 12.6 Å². The van der Waals surface area contributed by atoms with Crippen LogP contribution in [0.4, 0.5) is 5.69 Å². The van der Waals surface area contributed by atoms with Gasteiger partial charge in [-0.25, -0.2) is 4.79 Å². The molecular weight excluding hydrogens is 290 g/mol. The van der Waals surface area contributed by atoms with Crippen LogP contribution in [0, 0.1) is 0 Å². The van der Waals surface area contributed by atoms with Gasteiger partial charge in [0.1, 0.15) is 12.4 Å². The maximum atomic E-state index is 11.4. The van der Waals surface area contributed by atoms with Gasteiger partial charge >= 0.3 is 5.97 Å². The maximum absolute atomic E-state index is 11.4. The van der Waals surface area contributed by atoms with Crippen molar-refractivity contribution in [3.05, 3.63) is 71.9 Å². The van der Waals surface area contributed by atoms with Crippen molar-refractivity contribution < 1.29 is 14.3 Å². The predicted octanol–water partition coefficient (Wildman–Crippen LogP) is 4.14. The van der Waals surface area contributed by atoms with Gasteiger partial charge in [-0.05, 0) is 31.5 Å². The summed E-state index contributed by atoms with van der Waals surface area (Å²) in [7, 11) is 0. The fourth-order valence-corrected chi connectivity index (χ4v) is 2.03. The monoisotopic (exact) mass is 311 g/mol. The molecule has 0 fully saturated rings. The Labute approximate surface area is 136 Å². The average molecular weight is 311 g/mol. The normalized spacial score (nSPS) is 11.0. The molecule has 0 atom stereocenters. The number of ether oxygens (including phenoxy) is 2. The minimum Gasteiger partial charge on any atom is -0.489 e. The van der Waals surface area contributed by atoms with Crippen molar-refractivity contribution in [3.8, 4) is 5.75 Å². The molecule has 2 aromatic rings. The van der Waals surface area contributed by atoms with Crippen molar-refractivity contribution >= 4 is 11.7 Å². The Hall–Kier alpha value is -2.75. The molecule has 2 aromatic carbocycles. The van der Waals surface area contributed by atoms with Gasteiger partial charge in [0, 0.05) is 23.5 Å². The SMILES string of the molecule is CCOC(=O)C=C(C)Nc1cccc(OCc2ccccc2)c1. The van der Waals surface area contributed by atoms with Crippen LogP contribution in [0.15, 0.2) is 66.4 Å². The number of hydrogen-bond acceptors (Lipinski definition) is 4. The van der Waals surface area contributed by atoms with Crippen LogP contribution in [0.2, 0.25) is 0 Å². The van der Waals surface area contributed by atoms with E-state index < -0.39 is 0 Å². The molecule has 120 valence electrons. The van der Waals surface area contributed by atoms with Gasteiger partial charge < -0.3 is 14.8 Å². The molecule has 0 bridgehead atoms. The second kappa shape index (κ2) is 8.63. The number of benzene rings is 2. The van der Waals surface area contributed by atoms with E-state index in [4.69, 9.17) is 9.47 Å². The predicted molar refractivity (Wildman–Crippen MR) is 91.2 cm³/mol. The summed E-state index contributed by atoms with van der Waals surface area (Å²) < 4.78 is 10.7. The molecule has 0 aliphatic rings. The summed E-state index contributed by atoms with van der Waals surface area (Å²) in [6.45, 7) is 4.48. The summed E-state index contributed by atoms with van der Waals surface area (Å²) in [5.41, 5.74) is 2.68. The minimum absolute atomic E-state index is 0.353. The second-order valence-corrected chi connectivity index (χ2v) is 5.01. The van der Waals surface area contributed by atoms with Crippen LogP contribution in [0.1, 0.15) is 19.4 Å². The van der Waals surface area contributed by atoms with E-state index in [0.717, 1.165) is 17.0 Å². The first-order valence-electron chi connectivity index (χ1n) is 7.56. The molecule has 0 spiro atoms. The van der Waals surface area contributed by atoms with Gasteiger partial charge in [0.25, 0.3) is 0 Å². The fraction of sp³-hybridized carbons (Fsp3) is 0.211. The van der Waals surface area contributed by atoms with Crippen LogP contribution in [0.25, 0.3) is 0 Å². The van der Waals surface area contributed by atoms with E-state index in [1.807, 2.05) is 61.5 Å². The smallest absolute Gasteiger partial charge is 0.332 e. The molecule has 2 rings (SSSR count). The summed E-state index contributed by atoms with van der Waals surface area (Å²) in [5.74, 6) is 0.414. The quantitative estimate of drug-likeness (QED) is 0.616. The van der Waals surface area contributed by atoms with Gasteiger partial charge in [-0.3, -0.25) is 0 Å². The zero-order chi connectivity index (χ0) is 16.5. The third kappa shape index (κ3) is 5.87. The molecule has 1 N–H and O–H groups in total. The largest absolute Gasteiger partial charge is 0.489 e. The van der Waals surface area contributed by atoms with Gasteiger partial charge in [0.05, 0.1) is 6.61 Å². The van der Waals surface area contributed by atoms with E-state index in [0.29, 0.717) is 18.9 Å². The van der Waals surface area contributed by atoms with E-state index in [1.165, 1.54) is 6.08 Å². The van der Waals surface area contributed by atoms with E-state index >= 15 is 0 Å². The van der Waals surface area contributed by atoms with Crippen LogP contribution in [-0.2, 0) is 16.1 Å². The first-order chi connectivity index (χ1) is 11.2. The molecule has 0 heterocycles. The lowest BCUT2D eigenvalue weighted by Crippen LogP contribution is -2.04. The van der Waals surface area contributed by atoms with E-state index in [9.17, 15) is 4.79 Å². The molecule has 0 saturated carbocycles. The van der Waals surface area contributed by atoms with Crippen molar-refractivity contribution in [1.29, 1.82) is 0 Å². The Morgan fingerprint density at radius 3 is 2.65 bits per heavy atom. The standard InChI is InChI=1S/C19H21NO3/c1-3-22-19(21)12-15(2)20-17-10-7-11-18(13-17)23-14-16-8-5-4-6-9-16/h4-13,20H,3,14H2,1-2H3. The van der Waals surface area contributed by atoms with Crippen LogP contribution in [0.5, 0.6) is 5.75 Å². The zero-order valence-corrected chi connectivity index (χ0v) is 13.4. The van der Waals surface area contributed by atoms with Crippen molar-refractivity contribution in [2.45, 2.75) is 20.5 Å². The molecule has 0 aliphatic carbocycles. The van der Waals surface area contributed by atoms with Crippen molar-refractivity contribution in [3.63, 3.8) is 0 Å². The fourth-order valence-electron chi connectivity index (χ4n) is 2.03. The van der Waals surface area contributed by atoms with Crippen LogP contribution in [0.3, 0.4) is 0 Å². The number of hydrogen-bond donors (Lipinski definition) is 1. The summed E-state index contributed by atoms with van der Waals surface area (Å²) in [6, 6.07) is 17.6. The second-order valence-electron chi connectivity index (χ2n) is 5.01. The lowest BCUT2D eigenvalue weighted by molar-refractivity contribution is -0.137. The molecule has 4 heteroatoms. The van der Waals surface area contributed by atoms with Gasteiger partial charge in [-0.15, -0.1) is 0 Å². The zero-order valence-electron chi connectivity index (χ0n) is 13.4. The average Bonchev–Trinajstić information content (AvgIpc) is 2.54. The molecule has 23 heavy (non-hydrogen) atoms. The first-order valence-corrected chi connectivity index (χ1v) is 7.56. The van der Waals surface area contributed by atoms with Crippen molar-refractivity contribution in [1.82, 2.24) is 0 Å². The summed E-state index contributed by atoms with van der Waals surface area (Å²) >= 11 is 0. The first kappa shape index (κ1) is 16.6. The Bertz CT molecular complexity index is 665. The Kier molecular flexibility index (Phi) is 6.24. The number of carbonyl (C=O) groups excluding carboxylic acids is 1. The van der Waals surface area contributed by atoms with E-state index in [2.05, 4.69) is 5.32 Å². The molecule has 0 aromatic heterocycles. The lowest BCUT2D eigenvalue weighted by atomic mass is 10.2. The highest BCUT2D eigenvalue weighted by Crippen LogP contribution is 2.19. The number of nitrogens with one attached hydrogen (secondary N) is 1. The Morgan fingerprint density at radius 1 is 1.13 bits per heavy atom. The van der Waals surface area contributed by atoms with Crippen molar-refractivity contribution in [2.75, 3.05) is 11.9 Å². The summed E-state index contributed by atoms with van der Waals surface area (Å²) in [5, 5.41) is 3.15. The number of allylic oxidation sites excluding steroid dienone is 1. The van der Waals surface area contributed by atoms with E-state index in [1.54, 1.807) is 6.92 Å². The third-order valence-corrected chi connectivity index (χ3v) is 3.04. The topological polar surface area (TPSA) is 47.6 Å². The number of esters is 1. The molecule has 0 aliphatic heterocycles. The Balaban J connectivity index is 1.95. The highest BCUT2D eigenvalue weighted by atomic mass is 16.5. The third-order valence-electron chi connectivity index (χ3n) is 3.04. The number of anilines is 1. The summed E-state index contributed by atoms with van der Waals surface area (Å²) in [6.07, 6.45) is 1.43. The minimum atomic E-state index is -0.353. The van der Waals surface area contributed by atoms with Gasteiger partial charge in [0.2, 0.25) is 0 Å². The molecule has 0 radical (unpaired) electrons. The highest BCUT2D eigenvalue weighted by Gasteiger charge is 2.01. The van der Waals surface area contributed by atoms with E-state index in [-0.39, 0.29) is 5.97 Å². The van der Waals surface area contributed by atoms with Gasteiger partial charge in [-0.1, -0.05) is 36.4 Å². The van der Waals surface area contributed by atoms with Gasteiger partial charge in [0.15, 0.2) is 0 Å².